The molecule has 0 fully saturated rings. The highest BCUT2D eigenvalue weighted by Gasteiger charge is 2.07. The van der Waals surface area contributed by atoms with E-state index in [9.17, 15) is 0 Å². The first-order valence-electron chi connectivity index (χ1n) is 8.57. The molecule has 24 heavy (non-hydrogen) atoms. The summed E-state index contributed by atoms with van der Waals surface area (Å²) >= 11 is 6.18. The molecule has 1 unspecified atom stereocenters. The highest BCUT2D eigenvalue weighted by molar-refractivity contribution is 14.0. The Kier molecular flexibility index (Phi) is 14.5. The largest absolute Gasteiger partial charge is 0.396 e. The highest BCUT2D eigenvalue weighted by atomic mass is 127. The van der Waals surface area contributed by atoms with Gasteiger partial charge in [0.2, 0.25) is 0 Å². The Morgan fingerprint density at radius 1 is 1.21 bits per heavy atom. The zero-order chi connectivity index (χ0) is 16.9. The summed E-state index contributed by atoms with van der Waals surface area (Å²) in [5, 5.41) is 16.6. The molecule has 1 aromatic carbocycles. The van der Waals surface area contributed by atoms with E-state index in [0.717, 1.165) is 61.9 Å². The molecule has 3 N–H and O–H groups in total. The molecule has 6 heteroatoms. The molecule has 0 spiro atoms. The van der Waals surface area contributed by atoms with E-state index in [0.29, 0.717) is 5.92 Å². The van der Waals surface area contributed by atoms with Crippen molar-refractivity contribution in [3.8, 4) is 0 Å². The maximum atomic E-state index is 9.13. The monoisotopic (exact) mass is 467 g/mol. The minimum atomic E-state index is 0. The van der Waals surface area contributed by atoms with Gasteiger partial charge in [0.05, 0.1) is 0 Å². The molecule has 1 aromatic rings. The van der Waals surface area contributed by atoms with Crippen LogP contribution in [0.1, 0.15) is 38.7 Å². The smallest absolute Gasteiger partial charge is 0.191 e. The van der Waals surface area contributed by atoms with Crippen LogP contribution >= 0.6 is 35.6 Å². The SMILES string of the molecule is CCCC(CCO)CN=C(NCC)NCCc1ccccc1Cl.I. The van der Waals surface area contributed by atoms with Crippen molar-refractivity contribution in [1.29, 1.82) is 0 Å². The number of guanidine groups is 1. The lowest BCUT2D eigenvalue weighted by molar-refractivity contribution is 0.253. The van der Waals surface area contributed by atoms with Crippen LogP contribution in [0.3, 0.4) is 0 Å². The van der Waals surface area contributed by atoms with E-state index in [1.807, 2.05) is 24.3 Å². The summed E-state index contributed by atoms with van der Waals surface area (Å²) < 4.78 is 0. The minimum absolute atomic E-state index is 0. The Labute approximate surface area is 168 Å². The third-order valence-electron chi connectivity index (χ3n) is 3.73. The Bertz CT molecular complexity index is 465. The molecule has 0 saturated carbocycles. The molecule has 0 saturated heterocycles. The summed E-state index contributed by atoms with van der Waals surface area (Å²) in [4.78, 5) is 4.65. The van der Waals surface area contributed by atoms with Gasteiger partial charge in [0.1, 0.15) is 0 Å². The first-order chi connectivity index (χ1) is 11.2. The first kappa shape index (κ1) is 23.5. The second-order valence-corrected chi connectivity index (χ2v) is 6.06. The van der Waals surface area contributed by atoms with Crippen molar-refractivity contribution in [3.05, 3.63) is 34.9 Å². The van der Waals surface area contributed by atoms with E-state index in [2.05, 4.69) is 29.5 Å². The van der Waals surface area contributed by atoms with Crippen molar-refractivity contribution in [2.45, 2.75) is 39.5 Å². The molecule has 1 atom stereocenters. The second-order valence-electron chi connectivity index (χ2n) is 5.65. The van der Waals surface area contributed by atoms with E-state index in [1.54, 1.807) is 0 Å². The van der Waals surface area contributed by atoms with Crippen LogP contribution in [0.4, 0.5) is 0 Å². The van der Waals surface area contributed by atoms with Gasteiger partial charge in [0, 0.05) is 31.3 Å². The summed E-state index contributed by atoms with van der Waals surface area (Å²) in [7, 11) is 0. The summed E-state index contributed by atoms with van der Waals surface area (Å²) in [5.74, 6) is 1.28. The molecular weight excluding hydrogens is 437 g/mol. The van der Waals surface area contributed by atoms with Crippen LogP contribution in [0.5, 0.6) is 0 Å². The molecule has 0 aliphatic carbocycles. The van der Waals surface area contributed by atoms with Gasteiger partial charge in [-0.25, -0.2) is 0 Å². The highest BCUT2D eigenvalue weighted by Crippen LogP contribution is 2.14. The van der Waals surface area contributed by atoms with Crippen LogP contribution < -0.4 is 10.6 Å². The van der Waals surface area contributed by atoms with Gasteiger partial charge in [-0.3, -0.25) is 4.99 Å². The van der Waals surface area contributed by atoms with E-state index in [4.69, 9.17) is 16.7 Å². The van der Waals surface area contributed by atoms with Crippen molar-refractivity contribution >= 4 is 41.5 Å². The van der Waals surface area contributed by atoms with E-state index in [-0.39, 0.29) is 30.6 Å². The van der Waals surface area contributed by atoms with E-state index in [1.165, 1.54) is 0 Å². The average Bonchev–Trinajstić information content (AvgIpc) is 2.54. The number of nitrogens with zero attached hydrogens (tertiary/aromatic N) is 1. The number of benzene rings is 1. The third kappa shape index (κ3) is 9.69. The lowest BCUT2D eigenvalue weighted by Crippen LogP contribution is -2.38. The fraction of sp³-hybridized carbons (Fsp3) is 0.611. The zero-order valence-corrected chi connectivity index (χ0v) is 17.8. The summed E-state index contributed by atoms with van der Waals surface area (Å²) in [6.45, 7) is 6.82. The number of rotatable bonds is 10. The van der Waals surface area contributed by atoms with Crippen molar-refractivity contribution in [2.75, 3.05) is 26.2 Å². The van der Waals surface area contributed by atoms with Crippen molar-refractivity contribution < 1.29 is 5.11 Å². The number of hydrogen-bond acceptors (Lipinski definition) is 2. The molecule has 1 rings (SSSR count). The zero-order valence-electron chi connectivity index (χ0n) is 14.7. The average molecular weight is 468 g/mol. The van der Waals surface area contributed by atoms with Gasteiger partial charge in [0.25, 0.3) is 0 Å². The molecule has 4 nitrogen and oxygen atoms in total. The van der Waals surface area contributed by atoms with Gasteiger partial charge in [-0.05, 0) is 43.7 Å². The Balaban J connectivity index is 0.00000529. The Morgan fingerprint density at radius 3 is 2.58 bits per heavy atom. The molecule has 138 valence electrons. The van der Waals surface area contributed by atoms with Gasteiger partial charge in [-0.1, -0.05) is 43.1 Å². The van der Waals surface area contributed by atoms with Gasteiger partial charge in [-0.2, -0.15) is 0 Å². The van der Waals surface area contributed by atoms with E-state index >= 15 is 0 Å². The number of halogens is 2. The van der Waals surface area contributed by atoms with Gasteiger partial charge in [-0.15, -0.1) is 24.0 Å². The van der Waals surface area contributed by atoms with Crippen LogP contribution in [0.25, 0.3) is 0 Å². The quantitative estimate of drug-likeness (QED) is 0.278. The van der Waals surface area contributed by atoms with Crippen molar-refractivity contribution in [2.24, 2.45) is 10.9 Å². The first-order valence-corrected chi connectivity index (χ1v) is 8.95. The number of aliphatic hydroxyl groups is 1. The minimum Gasteiger partial charge on any atom is -0.396 e. The number of aliphatic hydroxyl groups excluding tert-OH is 1. The lowest BCUT2D eigenvalue weighted by Gasteiger charge is -2.15. The topological polar surface area (TPSA) is 56.7 Å². The summed E-state index contributed by atoms with van der Waals surface area (Å²) in [5.41, 5.74) is 1.14. The molecule has 0 aliphatic heterocycles. The van der Waals surface area contributed by atoms with E-state index < -0.39 is 0 Å². The van der Waals surface area contributed by atoms with Crippen LogP contribution in [0.15, 0.2) is 29.3 Å². The van der Waals surface area contributed by atoms with Crippen LogP contribution in [-0.2, 0) is 6.42 Å². The predicted molar refractivity (Wildman–Crippen MR) is 115 cm³/mol. The predicted octanol–water partition coefficient (Wildman–Crippen LogP) is 3.85. The standard InChI is InChI=1S/C18H30ClN3O.HI/c1-3-7-15(11-13-23)14-22-18(20-4-2)21-12-10-16-8-5-6-9-17(16)19;/h5-6,8-9,15,23H,3-4,7,10-14H2,1-2H3,(H2,20,21,22);1H. The molecule has 0 bridgehead atoms. The van der Waals surface area contributed by atoms with Crippen molar-refractivity contribution in [1.82, 2.24) is 10.6 Å². The molecule has 0 amide bonds. The Morgan fingerprint density at radius 2 is 1.96 bits per heavy atom. The number of aliphatic imine (C=N–C) groups is 1. The fourth-order valence-electron chi connectivity index (χ4n) is 2.50. The summed E-state index contributed by atoms with van der Waals surface area (Å²) in [6, 6.07) is 7.91. The number of hydrogen-bond donors (Lipinski definition) is 3. The molecule has 0 radical (unpaired) electrons. The molecule has 0 aliphatic rings. The summed E-state index contributed by atoms with van der Waals surface area (Å²) in [6.07, 6.45) is 3.90. The third-order valence-corrected chi connectivity index (χ3v) is 4.10. The normalized spacial score (nSPS) is 12.4. The Hall–Kier alpha value is -0.530. The molecule has 0 aromatic heterocycles. The van der Waals surface area contributed by atoms with Crippen LogP contribution in [0.2, 0.25) is 5.02 Å². The van der Waals surface area contributed by atoms with Crippen LogP contribution in [-0.4, -0.2) is 37.3 Å². The fourth-order valence-corrected chi connectivity index (χ4v) is 2.73. The van der Waals surface area contributed by atoms with Crippen LogP contribution in [0, 0.1) is 5.92 Å². The van der Waals surface area contributed by atoms with Gasteiger partial charge < -0.3 is 15.7 Å². The maximum absolute atomic E-state index is 9.13. The number of nitrogens with one attached hydrogen (secondary N) is 2. The molecule has 0 heterocycles. The van der Waals surface area contributed by atoms with Gasteiger partial charge in [0.15, 0.2) is 5.96 Å². The van der Waals surface area contributed by atoms with Gasteiger partial charge >= 0.3 is 0 Å². The van der Waals surface area contributed by atoms with Crippen molar-refractivity contribution in [3.63, 3.8) is 0 Å². The maximum Gasteiger partial charge on any atom is 0.191 e. The second kappa shape index (κ2) is 14.8. The molecular formula is C18H31ClIN3O. The lowest BCUT2D eigenvalue weighted by atomic mass is 10.0.